The summed E-state index contributed by atoms with van der Waals surface area (Å²) in [5.74, 6) is 0.0672. The van der Waals surface area contributed by atoms with Crippen LogP contribution in [0, 0.1) is 0 Å². The summed E-state index contributed by atoms with van der Waals surface area (Å²) in [6.45, 7) is 0.0175. The molecule has 11 nitrogen and oxygen atoms in total. The Kier molecular flexibility index (Phi) is 6.31. The van der Waals surface area contributed by atoms with Gasteiger partial charge in [0.2, 0.25) is 26.5 Å². The molecule has 3 aromatic rings. The fourth-order valence-electron chi connectivity index (χ4n) is 2.68. The predicted octanol–water partition coefficient (Wildman–Crippen LogP) is 1.55. The van der Waals surface area contributed by atoms with Gasteiger partial charge >= 0.3 is 0 Å². The number of nitrogens with two attached hydrogens (primary N) is 1. The molecule has 0 aliphatic heterocycles. The second kappa shape index (κ2) is 8.45. The summed E-state index contributed by atoms with van der Waals surface area (Å²) in [5.41, 5.74) is 5.46. The molecule has 0 amide bonds. The molecule has 0 saturated heterocycles. The van der Waals surface area contributed by atoms with E-state index in [0.717, 1.165) is 0 Å². The minimum absolute atomic E-state index is 0.0204. The van der Waals surface area contributed by atoms with Gasteiger partial charge in [-0.1, -0.05) is 18.2 Å². The summed E-state index contributed by atoms with van der Waals surface area (Å²) < 4.78 is 60.7. The lowest BCUT2D eigenvalue weighted by Gasteiger charge is -2.13. The van der Waals surface area contributed by atoms with Gasteiger partial charge in [-0.2, -0.15) is 23.4 Å². The Morgan fingerprint density at radius 1 is 0.933 bits per heavy atom. The molecule has 0 aliphatic carbocycles. The Bertz CT molecular complexity index is 1310. The molecule has 0 saturated carbocycles. The number of hydrogen-bond acceptors (Lipinski definition) is 9. The van der Waals surface area contributed by atoms with Crippen molar-refractivity contribution in [3.63, 3.8) is 0 Å². The van der Waals surface area contributed by atoms with E-state index >= 15 is 0 Å². The van der Waals surface area contributed by atoms with Crippen molar-refractivity contribution in [2.75, 3.05) is 24.1 Å². The molecule has 15 heteroatoms. The molecule has 0 bridgehead atoms. The average Bonchev–Trinajstić information content (AvgIpc) is 2.62. The summed E-state index contributed by atoms with van der Waals surface area (Å²) in [5, 5.41) is 2.55. The maximum Gasteiger partial charge on any atom is 0.297 e. The quantitative estimate of drug-likeness (QED) is 0.214. The maximum absolute atomic E-state index is 12.7. The number of nitrogens with zero attached hydrogens (tertiary/aromatic N) is 3. The molecule has 0 radical (unpaired) electrons. The normalized spacial score (nSPS) is 12.2. The van der Waals surface area contributed by atoms with Crippen molar-refractivity contribution in [1.82, 2.24) is 19.7 Å². The van der Waals surface area contributed by atoms with Crippen molar-refractivity contribution in [3.05, 3.63) is 40.9 Å². The highest BCUT2D eigenvalue weighted by molar-refractivity contribution is 7.89. The second-order valence-electron chi connectivity index (χ2n) is 5.83. The van der Waals surface area contributed by atoms with Gasteiger partial charge in [-0.05, 0) is 35.3 Å². The molecule has 0 fully saturated rings. The third-order valence-corrected chi connectivity index (χ3v) is 6.66. The first-order chi connectivity index (χ1) is 14.0. The number of hydrogen-bond donors (Lipinski definition) is 4. The Morgan fingerprint density at radius 3 is 2.23 bits per heavy atom. The first-order valence-electron chi connectivity index (χ1n) is 8.08. The zero-order valence-electron chi connectivity index (χ0n) is 14.9. The molecule has 3 rings (SSSR count). The molecule has 0 spiro atoms. The zero-order valence-corrected chi connectivity index (χ0v) is 18.0. The Labute approximate surface area is 181 Å². The number of benzene rings is 2. The predicted molar refractivity (Wildman–Crippen MR) is 112 cm³/mol. The minimum atomic E-state index is -4.67. The SMILES string of the molecule is Nc1ccc2c(S(=O)(=O)NCCNc3nc(Cl)nc(Cl)n3)cccc2c1S(=O)(=O)O. The number of rotatable bonds is 7. The molecule has 5 N–H and O–H groups in total. The van der Waals surface area contributed by atoms with E-state index in [9.17, 15) is 21.4 Å². The van der Waals surface area contributed by atoms with Crippen LogP contribution in [0.1, 0.15) is 0 Å². The summed E-state index contributed by atoms with van der Waals surface area (Å²) >= 11 is 11.3. The largest absolute Gasteiger partial charge is 0.398 e. The van der Waals surface area contributed by atoms with E-state index in [-0.39, 0.29) is 51.0 Å². The van der Waals surface area contributed by atoms with E-state index in [0.29, 0.717) is 0 Å². The van der Waals surface area contributed by atoms with Gasteiger partial charge in [0.25, 0.3) is 10.1 Å². The monoisotopic (exact) mass is 492 g/mol. The summed E-state index contributed by atoms with van der Waals surface area (Å²) in [6, 6.07) is 6.57. The van der Waals surface area contributed by atoms with Crippen LogP contribution < -0.4 is 15.8 Å². The van der Waals surface area contributed by atoms with E-state index in [4.69, 9.17) is 28.9 Å². The lowest BCUT2D eigenvalue weighted by Crippen LogP contribution is -2.29. The van der Waals surface area contributed by atoms with Crippen LogP contribution in [0.2, 0.25) is 10.6 Å². The second-order valence-corrected chi connectivity index (χ2v) is 9.60. The highest BCUT2D eigenvalue weighted by atomic mass is 35.5. The van der Waals surface area contributed by atoms with Gasteiger partial charge in [-0.15, -0.1) is 0 Å². The maximum atomic E-state index is 12.7. The van der Waals surface area contributed by atoms with Crippen LogP contribution in [-0.4, -0.2) is 49.4 Å². The first kappa shape index (κ1) is 22.4. The van der Waals surface area contributed by atoms with Crippen molar-refractivity contribution >= 4 is 65.8 Å². The summed E-state index contributed by atoms with van der Waals surface area (Å²) in [6.07, 6.45) is 0. The van der Waals surface area contributed by atoms with Crippen molar-refractivity contribution in [1.29, 1.82) is 0 Å². The van der Waals surface area contributed by atoms with Crippen molar-refractivity contribution in [2.45, 2.75) is 9.79 Å². The van der Waals surface area contributed by atoms with E-state index in [1.807, 2.05) is 0 Å². The van der Waals surface area contributed by atoms with Crippen LogP contribution in [0.4, 0.5) is 11.6 Å². The molecular formula is C15H14Cl2N6O5S2. The van der Waals surface area contributed by atoms with Gasteiger partial charge in [0.1, 0.15) is 4.90 Å². The van der Waals surface area contributed by atoms with Gasteiger partial charge in [0.05, 0.1) is 10.6 Å². The molecule has 160 valence electrons. The number of halogens is 2. The van der Waals surface area contributed by atoms with E-state index in [1.54, 1.807) is 0 Å². The average molecular weight is 493 g/mol. The lowest BCUT2D eigenvalue weighted by atomic mass is 10.1. The fourth-order valence-corrected chi connectivity index (χ4v) is 5.12. The van der Waals surface area contributed by atoms with Crippen LogP contribution in [0.15, 0.2) is 40.1 Å². The molecule has 30 heavy (non-hydrogen) atoms. The standard InChI is InChI=1S/C15H14Cl2N6O5S2/c16-13-21-14(17)23-15(22-13)19-6-7-20-29(24,25)11-3-1-2-9-8(11)4-5-10(18)12(9)30(26,27)28/h1-5,20H,6-7,18H2,(H,26,27,28)(H,19,21,22,23). The van der Waals surface area contributed by atoms with Crippen LogP contribution in [-0.2, 0) is 20.1 Å². The van der Waals surface area contributed by atoms with Crippen molar-refractivity contribution in [3.8, 4) is 0 Å². The number of nitrogen functional groups attached to an aromatic ring is 1. The molecule has 1 heterocycles. The molecular weight excluding hydrogens is 479 g/mol. The van der Waals surface area contributed by atoms with Gasteiger partial charge in [-0.25, -0.2) is 13.1 Å². The highest BCUT2D eigenvalue weighted by Gasteiger charge is 2.23. The van der Waals surface area contributed by atoms with Crippen LogP contribution >= 0.6 is 23.2 Å². The molecule has 0 atom stereocenters. The Balaban J connectivity index is 1.84. The molecule has 0 unspecified atom stereocenters. The zero-order chi connectivity index (χ0) is 22.1. The van der Waals surface area contributed by atoms with E-state index < -0.39 is 25.0 Å². The third-order valence-electron chi connectivity index (χ3n) is 3.83. The van der Waals surface area contributed by atoms with Gasteiger partial charge in [-0.3, -0.25) is 4.55 Å². The number of sulfonamides is 1. The Morgan fingerprint density at radius 2 is 1.60 bits per heavy atom. The van der Waals surface area contributed by atoms with Gasteiger partial charge < -0.3 is 11.1 Å². The van der Waals surface area contributed by atoms with Crippen LogP contribution in [0.5, 0.6) is 0 Å². The van der Waals surface area contributed by atoms with E-state index in [1.165, 1.54) is 30.3 Å². The smallest absolute Gasteiger partial charge is 0.297 e. The van der Waals surface area contributed by atoms with Gasteiger partial charge in [0, 0.05) is 23.9 Å². The van der Waals surface area contributed by atoms with Crippen LogP contribution in [0.25, 0.3) is 10.8 Å². The Hall–Kier alpha value is -2.29. The van der Waals surface area contributed by atoms with E-state index in [2.05, 4.69) is 25.0 Å². The highest BCUT2D eigenvalue weighted by Crippen LogP contribution is 2.32. The molecule has 1 aromatic heterocycles. The number of aromatic nitrogens is 3. The summed E-state index contributed by atoms with van der Waals surface area (Å²) in [7, 11) is -8.72. The van der Waals surface area contributed by atoms with Crippen LogP contribution in [0.3, 0.4) is 0 Å². The number of nitrogens with one attached hydrogen (secondary N) is 2. The fraction of sp³-hybridized carbons (Fsp3) is 0.133. The molecule has 0 aliphatic rings. The number of anilines is 2. The van der Waals surface area contributed by atoms with Crippen molar-refractivity contribution < 1.29 is 21.4 Å². The van der Waals surface area contributed by atoms with Gasteiger partial charge in [0.15, 0.2) is 0 Å². The topological polar surface area (TPSA) is 177 Å². The lowest BCUT2D eigenvalue weighted by molar-refractivity contribution is 0.484. The minimum Gasteiger partial charge on any atom is -0.398 e. The number of fused-ring (bicyclic) bond motifs is 1. The third kappa shape index (κ3) is 4.88. The summed E-state index contributed by atoms with van der Waals surface area (Å²) in [4.78, 5) is 10.4. The molecule has 2 aromatic carbocycles. The van der Waals surface area contributed by atoms with Crippen molar-refractivity contribution in [2.24, 2.45) is 0 Å². The first-order valence-corrected chi connectivity index (χ1v) is 11.8.